The zero-order chi connectivity index (χ0) is 24.8. The van der Waals surface area contributed by atoms with Crippen LogP contribution in [0.4, 0.5) is 0 Å². The van der Waals surface area contributed by atoms with Gasteiger partial charge in [0, 0.05) is 18.1 Å². The maximum absolute atomic E-state index is 11.5. The second-order valence-corrected chi connectivity index (χ2v) is 8.47. The number of aliphatic hydroxyl groups is 1. The van der Waals surface area contributed by atoms with E-state index in [9.17, 15) is 9.59 Å². The van der Waals surface area contributed by atoms with Crippen LogP contribution in [0, 0.1) is 0 Å². The highest BCUT2D eigenvalue weighted by Gasteiger charge is 2.16. The molecule has 5 rings (SSSR count). The van der Waals surface area contributed by atoms with Crippen LogP contribution in [0.15, 0.2) is 79.0 Å². The molecule has 4 aromatic rings. The molecular formula is C27H28N4O4. The number of nitrogens with one attached hydrogen (secondary N) is 1. The van der Waals surface area contributed by atoms with Crippen molar-refractivity contribution in [2.75, 3.05) is 13.1 Å². The molecule has 35 heavy (non-hydrogen) atoms. The third kappa shape index (κ3) is 5.74. The number of aliphatic hydroxyl groups excluding tert-OH is 1. The Labute approximate surface area is 203 Å². The van der Waals surface area contributed by atoms with Crippen LogP contribution in [0.1, 0.15) is 46.3 Å². The molecule has 0 saturated carbocycles. The lowest BCUT2D eigenvalue weighted by Gasteiger charge is -2.23. The molecule has 1 saturated heterocycles. The van der Waals surface area contributed by atoms with Crippen LogP contribution in [0.3, 0.4) is 0 Å². The van der Waals surface area contributed by atoms with Gasteiger partial charge >= 0.3 is 5.97 Å². The van der Waals surface area contributed by atoms with Crippen molar-refractivity contribution in [2.24, 2.45) is 5.73 Å². The Morgan fingerprint density at radius 1 is 1.03 bits per heavy atom. The summed E-state index contributed by atoms with van der Waals surface area (Å²) in [7, 11) is 0. The number of carboxylic acid groups (broad SMARTS) is 1. The number of amides is 1. The molecule has 8 nitrogen and oxygen atoms in total. The van der Waals surface area contributed by atoms with Crippen LogP contribution >= 0.6 is 0 Å². The Kier molecular flexibility index (Phi) is 7.54. The number of benzene rings is 3. The number of aliphatic carboxylic acids is 1. The number of rotatable bonds is 5. The zero-order valence-corrected chi connectivity index (χ0v) is 19.2. The highest BCUT2D eigenvalue weighted by atomic mass is 16.4. The number of carboxylic acids is 1. The summed E-state index contributed by atoms with van der Waals surface area (Å²) in [5, 5.41) is 26.3. The fourth-order valence-electron chi connectivity index (χ4n) is 4.19. The minimum Gasteiger partial charge on any atom is -0.479 e. The zero-order valence-electron chi connectivity index (χ0n) is 19.2. The highest BCUT2D eigenvalue weighted by Crippen LogP contribution is 2.25. The molecule has 2 heterocycles. The summed E-state index contributed by atoms with van der Waals surface area (Å²) >= 11 is 0. The summed E-state index contributed by atoms with van der Waals surface area (Å²) in [6.45, 7) is 2.17. The number of hydrogen-bond donors (Lipinski definition) is 4. The van der Waals surface area contributed by atoms with Crippen molar-refractivity contribution in [2.45, 2.75) is 24.9 Å². The van der Waals surface area contributed by atoms with Gasteiger partial charge in [0.25, 0.3) is 5.91 Å². The summed E-state index contributed by atoms with van der Waals surface area (Å²) < 4.78 is 1.81. The van der Waals surface area contributed by atoms with Gasteiger partial charge in [-0.1, -0.05) is 54.6 Å². The largest absolute Gasteiger partial charge is 0.479 e. The minimum absolute atomic E-state index is 0.403. The van der Waals surface area contributed by atoms with Crippen molar-refractivity contribution in [1.82, 2.24) is 15.1 Å². The van der Waals surface area contributed by atoms with Crippen molar-refractivity contribution in [3.05, 3.63) is 95.7 Å². The van der Waals surface area contributed by atoms with E-state index in [0.29, 0.717) is 22.6 Å². The third-order valence-electron chi connectivity index (χ3n) is 6.08. The minimum atomic E-state index is -1.41. The first-order chi connectivity index (χ1) is 16.9. The number of hydrogen-bond acceptors (Lipinski definition) is 5. The molecule has 180 valence electrons. The topological polar surface area (TPSA) is 130 Å². The Hall–Kier alpha value is -4.01. The number of carbonyl (C=O) groups is 2. The van der Waals surface area contributed by atoms with Crippen LogP contribution < -0.4 is 11.1 Å². The lowest BCUT2D eigenvalue weighted by molar-refractivity contribution is -0.146. The number of fused-ring (bicyclic) bond motifs is 1. The van der Waals surface area contributed by atoms with E-state index in [4.69, 9.17) is 15.9 Å². The molecule has 1 amide bonds. The van der Waals surface area contributed by atoms with Crippen molar-refractivity contribution in [1.29, 1.82) is 0 Å². The van der Waals surface area contributed by atoms with Gasteiger partial charge in [-0.05, 0) is 54.6 Å². The van der Waals surface area contributed by atoms with Gasteiger partial charge in [-0.25, -0.2) is 9.48 Å². The van der Waals surface area contributed by atoms with E-state index in [1.54, 1.807) is 41.1 Å². The quantitative estimate of drug-likeness (QED) is 0.352. The van der Waals surface area contributed by atoms with E-state index in [2.05, 4.69) is 34.7 Å². The average Bonchev–Trinajstić information content (AvgIpc) is 3.34. The molecule has 8 heteroatoms. The number of aromatic nitrogens is 2. The molecule has 0 radical (unpaired) electrons. The normalized spacial score (nSPS) is 16.2. The van der Waals surface area contributed by atoms with E-state index in [1.807, 2.05) is 18.3 Å². The SMILES string of the molecule is NC(=O)c1cccc2cn(-c3ccc([C@@H]4CCCNC4)cc3)nc12.O=C(O)[C@H](O)c1ccccc1. The van der Waals surface area contributed by atoms with Gasteiger partial charge in [-0.15, -0.1) is 0 Å². The summed E-state index contributed by atoms with van der Waals surface area (Å²) in [6, 6.07) is 22.3. The second-order valence-electron chi connectivity index (χ2n) is 8.47. The first-order valence-corrected chi connectivity index (χ1v) is 11.5. The van der Waals surface area contributed by atoms with Crippen molar-refractivity contribution < 1.29 is 19.8 Å². The van der Waals surface area contributed by atoms with Gasteiger partial charge in [0.15, 0.2) is 6.10 Å². The van der Waals surface area contributed by atoms with Gasteiger partial charge in [-0.2, -0.15) is 5.10 Å². The Morgan fingerprint density at radius 3 is 2.40 bits per heavy atom. The fourth-order valence-corrected chi connectivity index (χ4v) is 4.19. The van der Waals surface area contributed by atoms with E-state index in [-0.39, 0.29) is 0 Å². The molecule has 5 N–H and O–H groups in total. The first-order valence-electron chi connectivity index (χ1n) is 11.5. The standard InChI is InChI=1S/C19H20N4O.C8H8O3/c20-19(24)17-5-1-3-15-12-23(22-18(15)17)16-8-6-13(7-9-16)14-4-2-10-21-11-14;9-7(8(10)11)6-4-2-1-3-5-6/h1,3,5-9,12,14,21H,2,4,10-11H2,(H2,20,24);1-5,7,9H,(H,10,11)/t14-;7-/m11/s1. The first kappa shape index (κ1) is 24.1. The van der Waals surface area contributed by atoms with E-state index in [0.717, 1.165) is 24.2 Å². The van der Waals surface area contributed by atoms with Crippen LogP contribution in [0.5, 0.6) is 0 Å². The van der Waals surface area contributed by atoms with Gasteiger partial charge < -0.3 is 21.3 Å². The molecule has 3 aromatic carbocycles. The van der Waals surface area contributed by atoms with Gasteiger partial charge in [0.2, 0.25) is 0 Å². The Bertz CT molecular complexity index is 1300. The summed E-state index contributed by atoms with van der Waals surface area (Å²) in [5.74, 6) is -1.09. The second kappa shape index (κ2) is 10.9. The van der Waals surface area contributed by atoms with E-state index >= 15 is 0 Å². The van der Waals surface area contributed by atoms with Crippen LogP contribution in [-0.4, -0.2) is 45.0 Å². The molecule has 0 unspecified atom stereocenters. The van der Waals surface area contributed by atoms with Crippen molar-refractivity contribution >= 4 is 22.8 Å². The van der Waals surface area contributed by atoms with E-state index < -0.39 is 18.0 Å². The molecule has 1 aromatic heterocycles. The van der Waals surface area contributed by atoms with Crippen molar-refractivity contribution in [3.63, 3.8) is 0 Å². The molecule has 2 atom stereocenters. The molecular weight excluding hydrogens is 444 g/mol. The van der Waals surface area contributed by atoms with Crippen LogP contribution in [0.25, 0.3) is 16.6 Å². The molecule has 0 bridgehead atoms. The number of nitrogens with zero attached hydrogens (tertiary/aromatic N) is 2. The molecule has 1 fully saturated rings. The van der Waals surface area contributed by atoms with Gasteiger partial charge in [0.1, 0.15) is 5.52 Å². The Balaban J connectivity index is 0.000000221. The summed E-state index contributed by atoms with van der Waals surface area (Å²) in [4.78, 5) is 21.8. The molecule has 0 aliphatic carbocycles. The van der Waals surface area contributed by atoms with Gasteiger partial charge in [-0.3, -0.25) is 4.79 Å². The number of primary amides is 1. The predicted octanol–water partition coefficient (Wildman–Crippen LogP) is 3.40. The number of piperidine rings is 1. The number of carbonyl (C=O) groups excluding carboxylic acids is 1. The van der Waals surface area contributed by atoms with E-state index in [1.165, 1.54) is 18.4 Å². The van der Waals surface area contributed by atoms with Crippen LogP contribution in [0.2, 0.25) is 0 Å². The molecule has 0 spiro atoms. The third-order valence-corrected chi connectivity index (χ3v) is 6.08. The highest BCUT2D eigenvalue weighted by molar-refractivity contribution is 6.04. The van der Waals surface area contributed by atoms with Crippen LogP contribution in [-0.2, 0) is 4.79 Å². The van der Waals surface area contributed by atoms with Gasteiger partial charge in [0.05, 0.1) is 11.3 Å². The molecule has 1 aliphatic rings. The monoisotopic (exact) mass is 472 g/mol. The fraction of sp³-hybridized carbons (Fsp3) is 0.222. The van der Waals surface area contributed by atoms with Crippen molar-refractivity contribution in [3.8, 4) is 5.69 Å². The average molecular weight is 473 g/mol. The number of nitrogens with two attached hydrogens (primary N) is 1. The molecule has 1 aliphatic heterocycles. The lowest BCUT2D eigenvalue weighted by atomic mass is 9.92. The maximum atomic E-state index is 11.5. The summed E-state index contributed by atoms with van der Waals surface area (Å²) in [6.07, 6.45) is 2.99. The smallest absolute Gasteiger partial charge is 0.337 e. The predicted molar refractivity (Wildman–Crippen MR) is 133 cm³/mol. The Morgan fingerprint density at radius 2 is 1.77 bits per heavy atom. The maximum Gasteiger partial charge on any atom is 0.337 e. The summed E-state index contributed by atoms with van der Waals surface area (Å²) in [5.41, 5.74) is 9.28. The lowest BCUT2D eigenvalue weighted by Crippen LogP contribution is -2.28.